The summed E-state index contributed by atoms with van der Waals surface area (Å²) in [6.45, 7) is 0. The molecule has 2 aliphatic rings. The molecule has 0 unspecified atom stereocenters. The molecule has 1 heteroatoms. The first-order valence-electron chi connectivity index (χ1n) is 8.21. The van der Waals surface area contributed by atoms with Crippen LogP contribution in [0.5, 0.6) is 0 Å². The fourth-order valence-corrected chi connectivity index (χ4v) is 4.25. The minimum Gasteiger partial charge on any atom is -0.300 e. The van der Waals surface area contributed by atoms with E-state index in [0.29, 0.717) is 12.1 Å². The van der Waals surface area contributed by atoms with Gasteiger partial charge in [-0.3, -0.25) is 5.32 Å². The molecule has 0 spiro atoms. The molecule has 6 rings (SSSR count). The smallest absolute Gasteiger partial charge is 0.0530 e. The van der Waals surface area contributed by atoms with Crippen molar-refractivity contribution in [3.63, 3.8) is 0 Å². The molecule has 1 nitrogen and oxygen atoms in total. The van der Waals surface area contributed by atoms with Crippen molar-refractivity contribution in [2.75, 3.05) is 0 Å². The van der Waals surface area contributed by atoms with Crippen molar-refractivity contribution in [2.45, 2.75) is 12.1 Å². The predicted octanol–water partition coefficient (Wildman–Crippen LogP) is 5.36. The number of benzene rings is 4. The lowest BCUT2D eigenvalue weighted by molar-refractivity contribution is 1.01. The molecule has 2 atom stereocenters. The standard InChI is InChI=1S/C22H15N/c1-2-6-15-13(5-1)9-10-14-11-19-16-7-3-4-8-17(16)21-22(23-21)20(19)12-18(14)15/h1-12,21-23H/t21-,22+/m0/s1. The van der Waals surface area contributed by atoms with E-state index >= 15 is 0 Å². The molecule has 1 N–H and O–H groups in total. The molecule has 0 bridgehead atoms. The van der Waals surface area contributed by atoms with E-state index in [4.69, 9.17) is 0 Å². The maximum Gasteiger partial charge on any atom is 0.0530 e. The Balaban J connectivity index is 1.75. The largest absolute Gasteiger partial charge is 0.300 e. The molecule has 1 fully saturated rings. The van der Waals surface area contributed by atoms with Gasteiger partial charge < -0.3 is 0 Å². The first-order valence-corrected chi connectivity index (χ1v) is 8.21. The van der Waals surface area contributed by atoms with Crippen LogP contribution in [0.25, 0.3) is 32.7 Å². The zero-order valence-electron chi connectivity index (χ0n) is 12.6. The van der Waals surface area contributed by atoms with E-state index in [2.05, 4.69) is 78.1 Å². The second kappa shape index (κ2) is 4.01. The lowest BCUT2D eigenvalue weighted by Gasteiger charge is -2.19. The summed E-state index contributed by atoms with van der Waals surface area (Å²) < 4.78 is 0. The van der Waals surface area contributed by atoms with Gasteiger partial charge in [0.1, 0.15) is 0 Å². The van der Waals surface area contributed by atoms with Gasteiger partial charge in [0.05, 0.1) is 12.1 Å². The lowest BCUT2D eigenvalue weighted by Crippen LogP contribution is -1.99. The Kier molecular flexibility index (Phi) is 2.07. The molecule has 0 aromatic heterocycles. The Morgan fingerprint density at radius 2 is 1.35 bits per heavy atom. The van der Waals surface area contributed by atoms with Crippen LogP contribution in [0.1, 0.15) is 23.2 Å². The predicted molar refractivity (Wildman–Crippen MR) is 95.5 cm³/mol. The number of rotatable bonds is 0. The monoisotopic (exact) mass is 293 g/mol. The van der Waals surface area contributed by atoms with Gasteiger partial charge in [-0.05, 0) is 55.9 Å². The fourth-order valence-electron chi connectivity index (χ4n) is 4.25. The summed E-state index contributed by atoms with van der Waals surface area (Å²) in [4.78, 5) is 0. The summed E-state index contributed by atoms with van der Waals surface area (Å²) in [7, 11) is 0. The number of hydrogen-bond donors (Lipinski definition) is 1. The van der Waals surface area contributed by atoms with Gasteiger partial charge in [0.2, 0.25) is 0 Å². The zero-order chi connectivity index (χ0) is 15.0. The Bertz CT molecular complexity index is 1110. The average molecular weight is 293 g/mol. The third-order valence-electron chi connectivity index (χ3n) is 5.42. The maximum absolute atomic E-state index is 3.66. The summed E-state index contributed by atoms with van der Waals surface area (Å²) in [5.74, 6) is 0. The van der Waals surface area contributed by atoms with Gasteiger partial charge >= 0.3 is 0 Å². The Labute approximate surface area is 134 Å². The maximum atomic E-state index is 3.66. The van der Waals surface area contributed by atoms with Crippen molar-refractivity contribution in [3.05, 3.63) is 83.9 Å². The minimum absolute atomic E-state index is 0.489. The highest BCUT2D eigenvalue weighted by Gasteiger charge is 2.44. The van der Waals surface area contributed by atoms with Crippen molar-refractivity contribution in [2.24, 2.45) is 0 Å². The van der Waals surface area contributed by atoms with Gasteiger partial charge in [-0.1, -0.05) is 60.7 Å². The van der Waals surface area contributed by atoms with Gasteiger partial charge in [-0.25, -0.2) is 0 Å². The first kappa shape index (κ1) is 11.9. The quantitative estimate of drug-likeness (QED) is 0.342. The van der Waals surface area contributed by atoms with Crippen molar-refractivity contribution in [1.82, 2.24) is 5.32 Å². The van der Waals surface area contributed by atoms with Gasteiger partial charge in [-0.2, -0.15) is 0 Å². The van der Waals surface area contributed by atoms with Gasteiger partial charge in [0, 0.05) is 0 Å². The van der Waals surface area contributed by atoms with Crippen molar-refractivity contribution < 1.29 is 0 Å². The Morgan fingerprint density at radius 1 is 0.565 bits per heavy atom. The van der Waals surface area contributed by atoms with Crippen LogP contribution in [0.15, 0.2) is 72.8 Å². The molecule has 1 heterocycles. The molecule has 0 amide bonds. The first-order chi connectivity index (χ1) is 11.4. The van der Waals surface area contributed by atoms with Crippen molar-refractivity contribution in [1.29, 1.82) is 0 Å². The molecule has 1 aliphatic heterocycles. The van der Waals surface area contributed by atoms with E-state index in [1.165, 1.54) is 43.8 Å². The van der Waals surface area contributed by atoms with Crippen molar-refractivity contribution in [3.8, 4) is 11.1 Å². The van der Waals surface area contributed by atoms with E-state index in [1.54, 1.807) is 0 Å². The molecular weight excluding hydrogens is 278 g/mol. The van der Waals surface area contributed by atoms with E-state index in [1.807, 2.05) is 0 Å². The van der Waals surface area contributed by atoms with E-state index in [-0.39, 0.29) is 0 Å². The molecular formula is C22H15N. The van der Waals surface area contributed by atoms with Gasteiger partial charge in [-0.15, -0.1) is 0 Å². The highest BCUT2D eigenvalue weighted by Crippen LogP contribution is 2.54. The van der Waals surface area contributed by atoms with Crippen LogP contribution in [-0.4, -0.2) is 0 Å². The molecule has 108 valence electrons. The summed E-state index contributed by atoms with van der Waals surface area (Å²) in [5.41, 5.74) is 5.70. The SMILES string of the molecule is c1ccc2c(c1)-c1cc3ccc4ccccc4c3cc1[C@H]1N[C@@H]21. The highest BCUT2D eigenvalue weighted by molar-refractivity contribution is 6.09. The van der Waals surface area contributed by atoms with Crippen LogP contribution in [0.4, 0.5) is 0 Å². The van der Waals surface area contributed by atoms with Crippen LogP contribution < -0.4 is 5.32 Å². The van der Waals surface area contributed by atoms with Crippen LogP contribution in [0.3, 0.4) is 0 Å². The topological polar surface area (TPSA) is 21.9 Å². The Morgan fingerprint density at radius 3 is 2.35 bits per heavy atom. The van der Waals surface area contributed by atoms with E-state index < -0.39 is 0 Å². The zero-order valence-corrected chi connectivity index (χ0v) is 12.6. The third-order valence-corrected chi connectivity index (χ3v) is 5.42. The molecule has 0 saturated carbocycles. The van der Waals surface area contributed by atoms with Gasteiger partial charge in [0.15, 0.2) is 0 Å². The van der Waals surface area contributed by atoms with Crippen LogP contribution in [0.2, 0.25) is 0 Å². The van der Waals surface area contributed by atoms with Crippen molar-refractivity contribution >= 4 is 21.5 Å². The normalized spacial score (nSPS) is 20.9. The average Bonchev–Trinajstić information content (AvgIpc) is 3.42. The molecule has 23 heavy (non-hydrogen) atoms. The number of fused-ring (bicyclic) bond motifs is 9. The molecule has 1 saturated heterocycles. The van der Waals surface area contributed by atoms with E-state index in [9.17, 15) is 0 Å². The Hall–Kier alpha value is -2.64. The lowest BCUT2D eigenvalue weighted by atomic mass is 9.83. The molecule has 4 aromatic rings. The fraction of sp³-hybridized carbons (Fsp3) is 0.0909. The van der Waals surface area contributed by atoms with Crippen LogP contribution >= 0.6 is 0 Å². The number of hydrogen-bond acceptors (Lipinski definition) is 1. The van der Waals surface area contributed by atoms with E-state index in [0.717, 1.165) is 0 Å². The minimum atomic E-state index is 0.489. The second-order valence-corrected chi connectivity index (χ2v) is 6.66. The second-order valence-electron chi connectivity index (χ2n) is 6.66. The third kappa shape index (κ3) is 1.50. The summed E-state index contributed by atoms with van der Waals surface area (Å²) in [5, 5.41) is 9.02. The van der Waals surface area contributed by atoms with Crippen LogP contribution in [0, 0.1) is 0 Å². The number of nitrogens with one attached hydrogen (secondary N) is 1. The molecule has 0 radical (unpaired) electrons. The van der Waals surface area contributed by atoms with Crippen LogP contribution in [-0.2, 0) is 0 Å². The summed E-state index contributed by atoms with van der Waals surface area (Å²) in [6.07, 6.45) is 0. The summed E-state index contributed by atoms with van der Waals surface area (Å²) >= 11 is 0. The molecule has 4 aromatic carbocycles. The molecule has 1 aliphatic carbocycles. The summed E-state index contributed by atoms with van der Waals surface area (Å²) in [6, 6.07) is 27.8. The van der Waals surface area contributed by atoms with Gasteiger partial charge in [0.25, 0.3) is 0 Å². The highest BCUT2D eigenvalue weighted by atomic mass is 15.2.